The minimum absolute atomic E-state index is 0.00935. The highest BCUT2D eigenvalue weighted by molar-refractivity contribution is 8.63. The quantitative estimate of drug-likeness (QED) is 0.197. The van der Waals surface area contributed by atoms with Gasteiger partial charge in [-0.15, -0.1) is 0 Å². The highest BCUT2D eigenvalue weighted by Crippen LogP contribution is 2.55. The third-order valence-electron chi connectivity index (χ3n) is 8.74. The van der Waals surface area contributed by atoms with Crippen molar-refractivity contribution in [1.82, 2.24) is 19.5 Å². The molecule has 1 saturated carbocycles. The number of nitrogens with one attached hydrogen (secondary N) is 2. The van der Waals surface area contributed by atoms with Gasteiger partial charge in [0.25, 0.3) is 5.56 Å². The summed E-state index contributed by atoms with van der Waals surface area (Å²) in [6, 6.07) is 0. The van der Waals surface area contributed by atoms with Crippen LogP contribution in [0.4, 0.5) is 0 Å². The molecule has 0 aromatic carbocycles. The van der Waals surface area contributed by atoms with Crippen molar-refractivity contribution < 1.29 is 18.8 Å². The van der Waals surface area contributed by atoms with E-state index in [0.717, 1.165) is 18.4 Å². The van der Waals surface area contributed by atoms with Crippen LogP contribution in [0.25, 0.3) is 11.2 Å². The Morgan fingerprint density at radius 1 is 1.38 bits per heavy atom. The Hall–Kier alpha value is -1.18. The molecule has 2 fully saturated rings. The predicted octanol–water partition coefficient (Wildman–Crippen LogP) is 5.11. The molecule has 0 amide bonds. The molecule has 0 radical (unpaired) electrons. The molecule has 2 aromatic heterocycles. The Bertz CT molecular complexity index is 1390. The molecular weight excluding hydrogens is 588 g/mol. The zero-order valence-corrected chi connectivity index (χ0v) is 27.9. The van der Waals surface area contributed by atoms with Crippen LogP contribution in [0, 0.1) is 5.92 Å². The normalized spacial score (nSPS) is 30.1. The number of aromatic amines is 2. The van der Waals surface area contributed by atoms with Gasteiger partial charge in [-0.2, -0.15) is 4.52 Å². The van der Waals surface area contributed by atoms with Gasteiger partial charge >= 0.3 is 11.8 Å². The average Bonchev–Trinajstić information content (AvgIpc) is 3.42. The van der Waals surface area contributed by atoms with E-state index in [0.29, 0.717) is 24.4 Å². The molecule has 2 aromatic rings. The third kappa shape index (κ3) is 6.72. The first-order chi connectivity index (χ1) is 18.5. The second-order valence-electron chi connectivity index (χ2n) is 12.8. The second-order valence-corrected chi connectivity index (χ2v) is 22.6. The van der Waals surface area contributed by atoms with Crippen molar-refractivity contribution in [3.05, 3.63) is 39.3 Å². The second kappa shape index (κ2) is 11.8. The van der Waals surface area contributed by atoms with E-state index >= 15 is 0 Å². The fourth-order valence-electron chi connectivity index (χ4n) is 5.02. The van der Waals surface area contributed by atoms with Gasteiger partial charge in [-0.1, -0.05) is 32.9 Å². The maximum Gasteiger partial charge on any atom is 0.415 e. The molecule has 40 heavy (non-hydrogen) atoms. The summed E-state index contributed by atoms with van der Waals surface area (Å²) in [4.78, 5) is 33.3. The SMILES string of the molecule is C=C(C)[C@@H]1CC[C@](C)(S[P+](=S)OC[C@H]2O[C@@H](n3cnc4c(=O)[nH]c(=O)[nH]c43)CC2O[Si](C)(C)C(C)(C)C)[C@@H](O)C1. The molecule has 1 saturated heterocycles. The number of allylic oxidation sites excluding steroid dienone is 1. The van der Waals surface area contributed by atoms with Gasteiger partial charge in [0, 0.05) is 6.42 Å². The molecule has 3 heterocycles. The summed E-state index contributed by atoms with van der Waals surface area (Å²) in [5.41, 5.74) is 0.408. The van der Waals surface area contributed by atoms with Crippen molar-refractivity contribution in [2.75, 3.05) is 6.61 Å². The number of hydrogen-bond donors (Lipinski definition) is 3. The monoisotopic (exact) mass is 629 g/mol. The van der Waals surface area contributed by atoms with Crippen LogP contribution in [-0.2, 0) is 25.5 Å². The molecule has 2 unspecified atom stereocenters. The van der Waals surface area contributed by atoms with E-state index < -0.39 is 44.1 Å². The van der Waals surface area contributed by atoms with Gasteiger partial charge in [-0.25, -0.2) is 9.78 Å². The van der Waals surface area contributed by atoms with Crippen LogP contribution in [0.3, 0.4) is 0 Å². The van der Waals surface area contributed by atoms with Crippen molar-refractivity contribution in [3.8, 4) is 0 Å². The number of aromatic nitrogens is 4. The zero-order chi connectivity index (χ0) is 29.6. The molecule has 4 rings (SSSR count). The summed E-state index contributed by atoms with van der Waals surface area (Å²) in [6.45, 7) is 19.4. The Morgan fingerprint density at radius 3 is 2.70 bits per heavy atom. The van der Waals surface area contributed by atoms with Crippen LogP contribution in [-0.4, -0.2) is 62.6 Å². The molecule has 1 aliphatic carbocycles. The summed E-state index contributed by atoms with van der Waals surface area (Å²) >= 11 is 7.31. The van der Waals surface area contributed by atoms with Gasteiger partial charge in [0.05, 0.1) is 23.3 Å². The summed E-state index contributed by atoms with van der Waals surface area (Å²) in [5.74, 6) is 0.336. The van der Waals surface area contributed by atoms with E-state index in [1.807, 2.05) is 6.92 Å². The molecule has 0 spiro atoms. The summed E-state index contributed by atoms with van der Waals surface area (Å²) < 4.78 is 20.8. The van der Waals surface area contributed by atoms with E-state index in [1.165, 1.54) is 6.33 Å². The van der Waals surface area contributed by atoms with Gasteiger partial charge in [0.2, 0.25) is 11.8 Å². The molecular formula is C26H42N4O6PS2Si+. The largest absolute Gasteiger partial charge is 0.415 e. The van der Waals surface area contributed by atoms with Gasteiger partial charge in [-0.05, 0) is 57.2 Å². The van der Waals surface area contributed by atoms with E-state index in [-0.39, 0.29) is 28.0 Å². The number of rotatable bonds is 9. The van der Waals surface area contributed by atoms with Crippen LogP contribution in [0.5, 0.6) is 0 Å². The maximum absolute atomic E-state index is 12.2. The van der Waals surface area contributed by atoms with Gasteiger partial charge in [0.15, 0.2) is 13.8 Å². The van der Waals surface area contributed by atoms with Crippen LogP contribution in [0.15, 0.2) is 28.1 Å². The minimum atomic E-state index is -2.17. The summed E-state index contributed by atoms with van der Waals surface area (Å²) in [7, 11) is -2.17. The summed E-state index contributed by atoms with van der Waals surface area (Å²) in [5, 5.41) is 10.9. The highest BCUT2D eigenvalue weighted by Gasteiger charge is 2.48. The van der Waals surface area contributed by atoms with E-state index in [4.69, 9.17) is 25.5 Å². The van der Waals surface area contributed by atoms with E-state index in [1.54, 1.807) is 15.9 Å². The van der Waals surface area contributed by atoms with Crippen molar-refractivity contribution in [1.29, 1.82) is 0 Å². The highest BCUT2D eigenvalue weighted by atomic mass is 32.9. The van der Waals surface area contributed by atoms with Gasteiger partial charge < -0.3 is 14.3 Å². The molecule has 0 bridgehead atoms. The average molecular weight is 630 g/mol. The lowest BCUT2D eigenvalue weighted by Gasteiger charge is -2.39. The first-order valence-electron chi connectivity index (χ1n) is 13.7. The molecule has 7 atom stereocenters. The van der Waals surface area contributed by atoms with Crippen molar-refractivity contribution >= 4 is 48.8 Å². The topological polar surface area (TPSA) is 131 Å². The standard InChI is InChI=1S/C26H41N4O6PS2Si/c1-15(2)16-9-10-26(6,19(31)11-16)39-37(38)34-13-18-17(36-40(7,8)25(3,4)5)12-20(35-18)30-14-27-21-22(30)28-24(33)29-23(21)32/h14,16-20,31H,1,9-13H2,2-8H3,(H-,28,29,32,33)/p+1/t16-,17?,18-,19+,20-,26+/m1/s1. The summed E-state index contributed by atoms with van der Waals surface area (Å²) in [6.07, 6.45) is 1.55. The lowest BCUT2D eigenvalue weighted by atomic mass is 9.77. The van der Waals surface area contributed by atoms with Crippen LogP contribution in [0.2, 0.25) is 18.1 Å². The third-order valence-corrected chi connectivity index (χ3v) is 17.6. The van der Waals surface area contributed by atoms with E-state index in [9.17, 15) is 14.7 Å². The number of H-pyrrole nitrogens is 2. The maximum atomic E-state index is 12.2. The van der Waals surface area contributed by atoms with Gasteiger partial charge in [0.1, 0.15) is 36.0 Å². The molecule has 222 valence electrons. The first-order valence-corrected chi connectivity index (χ1v) is 20.3. The van der Waals surface area contributed by atoms with Crippen LogP contribution >= 0.6 is 17.5 Å². The van der Waals surface area contributed by atoms with Gasteiger partial charge in [-0.3, -0.25) is 19.3 Å². The molecule has 10 nitrogen and oxygen atoms in total. The van der Waals surface area contributed by atoms with Crippen molar-refractivity contribution in [2.24, 2.45) is 5.92 Å². The fourth-order valence-corrected chi connectivity index (χ4v) is 11.2. The number of imidazole rings is 1. The molecule has 1 aliphatic heterocycles. The van der Waals surface area contributed by atoms with E-state index in [2.05, 4.69) is 62.3 Å². The number of aliphatic hydroxyl groups excluding tert-OH is 1. The van der Waals surface area contributed by atoms with Crippen LogP contribution in [0.1, 0.15) is 66.5 Å². The smallest absolute Gasteiger partial charge is 0.411 e. The molecule has 3 N–H and O–H groups in total. The van der Waals surface area contributed by atoms with Crippen molar-refractivity contribution in [2.45, 2.75) is 108 Å². The molecule has 2 aliphatic rings. The Labute approximate surface area is 246 Å². The zero-order valence-electron chi connectivity index (χ0n) is 24.4. The predicted molar refractivity (Wildman–Crippen MR) is 166 cm³/mol. The lowest BCUT2D eigenvalue weighted by Crippen LogP contribution is -2.46. The number of aliphatic hydroxyl groups is 1. The molecule has 14 heteroatoms. The first kappa shape index (κ1) is 31.7. The van der Waals surface area contributed by atoms with Crippen LogP contribution < -0.4 is 11.2 Å². The number of fused-ring (bicyclic) bond motifs is 1. The Kier molecular flexibility index (Phi) is 9.39. The minimum Gasteiger partial charge on any atom is -0.411 e. The number of nitrogens with zero attached hydrogens (tertiary/aromatic N) is 2. The Balaban J connectivity index is 1.49. The Morgan fingerprint density at radius 2 is 2.08 bits per heavy atom. The number of ether oxygens (including phenoxy) is 1. The number of hydrogen-bond acceptors (Lipinski definition) is 9. The lowest BCUT2D eigenvalue weighted by molar-refractivity contribution is -0.0334. The van der Waals surface area contributed by atoms with Crippen molar-refractivity contribution in [3.63, 3.8) is 0 Å². The fraction of sp³-hybridized carbons (Fsp3) is 0.731.